The number of benzene rings is 1. The van der Waals surface area contributed by atoms with E-state index in [1.165, 1.54) is 0 Å². The van der Waals surface area contributed by atoms with Crippen LogP contribution in [0.4, 0.5) is 5.69 Å². The highest BCUT2D eigenvalue weighted by atomic mass is 16.2. The van der Waals surface area contributed by atoms with E-state index in [2.05, 4.69) is 10.6 Å². The van der Waals surface area contributed by atoms with Gasteiger partial charge in [-0.3, -0.25) is 9.59 Å². The van der Waals surface area contributed by atoms with Crippen molar-refractivity contribution in [3.63, 3.8) is 0 Å². The van der Waals surface area contributed by atoms with E-state index in [0.29, 0.717) is 24.2 Å². The van der Waals surface area contributed by atoms with Crippen molar-refractivity contribution in [2.24, 2.45) is 0 Å². The zero-order valence-electron chi connectivity index (χ0n) is 10.3. The highest BCUT2D eigenvalue weighted by molar-refractivity contribution is 5.99. The molecule has 0 aromatic heterocycles. The van der Waals surface area contributed by atoms with E-state index in [-0.39, 0.29) is 17.9 Å². The summed E-state index contributed by atoms with van der Waals surface area (Å²) in [6.07, 6.45) is 1.30. The third kappa shape index (κ3) is 2.80. The Balaban J connectivity index is 1.95. The molecule has 1 atom stereocenters. The maximum absolute atomic E-state index is 12.0. The van der Waals surface area contributed by atoms with Crippen molar-refractivity contribution in [2.75, 3.05) is 12.3 Å². The molecule has 2 amide bonds. The first-order chi connectivity index (χ1) is 8.56. The van der Waals surface area contributed by atoms with Gasteiger partial charge in [-0.1, -0.05) is 11.6 Å². The van der Waals surface area contributed by atoms with E-state index in [1.54, 1.807) is 12.1 Å². The van der Waals surface area contributed by atoms with Gasteiger partial charge in [0.1, 0.15) is 0 Å². The van der Waals surface area contributed by atoms with Crippen LogP contribution in [0, 0.1) is 6.92 Å². The number of rotatable bonds is 3. The molecule has 5 heteroatoms. The molecule has 1 saturated heterocycles. The Hall–Kier alpha value is -2.04. The van der Waals surface area contributed by atoms with Crippen LogP contribution >= 0.6 is 0 Å². The molecule has 1 aromatic rings. The number of hydrogen-bond donors (Lipinski definition) is 3. The fourth-order valence-electron chi connectivity index (χ4n) is 2.01. The highest BCUT2D eigenvalue weighted by Crippen LogP contribution is 2.13. The summed E-state index contributed by atoms with van der Waals surface area (Å²) in [5, 5.41) is 5.60. The molecule has 0 aliphatic carbocycles. The minimum absolute atomic E-state index is 0.0347. The number of nitrogens with two attached hydrogens (primary N) is 1. The molecule has 0 bridgehead atoms. The standard InChI is InChI=1S/C13H17N3O2/c1-8-2-4-11(14)10(6-8)13(18)15-7-9-3-5-12(17)16-9/h2,4,6,9H,3,5,7,14H2,1H3,(H,15,18)(H,16,17). The lowest BCUT2D eigenvalue weighted by molar-refractivity contribution is -0.119. The van der Waals surface area contributed by atoms with E-state index in [9.17, 15) is 9.59 Å². The van der Waals surface area contributed by atoms with E-state index in [1.807, 2.05) is 13.0 Å². The van der Waals surface area contributed by atoms with Crippen LogP contribution in [-0.2, 0) is 4.79 Å². The lowest BCUT2D eigenvalue weighted by Gasteiger charge is -2.12. The maximum atomic E-state index is 12.0. The molecular formula is C13H17N3O2. The molecule has 0 spiro atoms. The van der Waals surface area contributed by atoms with Crippen LogP contribution in [0.3, 0.4) is 0 Å². The first-order valence-electron chi connectivity index (χ1n) is 6.00. The molecule has 1 aliphatic rings. The minimum Gasteiger partial charge on any atom is -0.398 e. The SMILES string of the molecule is Cc1ccc(N)c(C(=O)NCC2CCC(=O)N2)c1. The molecule has 1 unspecified atom stereocenters. The summed E-state index contributed by atoms with van der Waals surface area (Å²) in [5.74, 6) is -0.151. The monoisotopic (exact) mass is 247 g/mol. The molecule has 0 saturated carbocycles. The predicted octanol–water partition coefficient (Wildman–Crippen LogP) is 0.586. The summed E-state index contributed by atoms with van der Waals surface area (Å²) < 4.78 is 0. The summed E-state index contributed by atoms with van der Waals surface area (Å²) in [4.78, 5) is 23.0. The first kappa shape index (κ1) is 12.4. The Morgan fingerprint density at radius 2 is 2.33 bits per heavy atom. The largest absolute Gasteiger partial charge is 0.398 e. The Bertz CT molecular complexity index is 485. The van der Waals surface area contributed by atoms with Gasteiger partial charge in [-0.05, 0) is 25.5 Å². The predicted molar refractivity (Wildman–Crippen MR) is 69.1 cm³/mol. The van der Waals surface area contributed by atoms with Crippen molar-refractivity contribution in [3.8, 4) is 0 Å². The topological polar surface area (TPSA) is 84.2 Å². The molecule has 5 nitrogen and oxygen atoms in total. The van der Waals surface area contributed by atoms with Gasteiger partial charge in [0.25, 0.3) is 5.91 Å². The Kier molecular flexibility index (Phi) is 3.50. The van der Waals surface area contributed by atoms with Crippen molar-refractivity contribution in [1.82, 2.24) is 10.6 Å². The summed E-state index contributed by atoms with van der Waals surface area (Å²) in [5.41, 5.74) is 7.71. The molecule has 96 valence electrons. The average Bonchev–Trinajstić information content (AvgIpc) is 2.75. The van der Waals surface area contributed by atoms with Crippen LogP contribution < -0.4 is 16.4 Å². The van der Waals surface area contributed by atoms with Gasteiger partial charge in [0.2, 0.25) is 5.91 Å². The summed E-state index contributed by atoms with van der Waals surface area (Å²) in [7, 11) is 0. The summed E-state index contributed by atoms with van der Waals surface area (Å²) in [6.45, 7) is 2.35. The first-order valence-corrected chi connectivity index (χ1v) is 6.00. The molecule has 1 fully saturated rings. The number of carbonyl (C=O) groups is 2. The number of anilines is 1. The molecule has 4 N–H and O–H groups in total. The van der Waals surface area contributed by atoms with E-state index >= 15 is 0 Å². The number of nitrogen functional groups attached to an aromatic ring is 1. The third-order valence-electron chi connectivity index (χ3n) is 3.05. The van der Waals surface area contributed by atoms with Crippen molar-refractivity contribution in [1.29, 1.82) is 0 Å². The highest BCUT2D eigenvalue weighted by Gasteiger charge is 2.21. The second-order valence-corrected chi connectivity index (χ2v) is 4.60. The van der Waals surface area contributed by atoms with Gasteiger partial charge >= 0.3 is 0 Å². The molecular weight excluding hydrogens is 230 g/mol. The van der Waals surface area contributed by atoms with Gasteiger partial charge in [0.15, 0.2) is 0 Å². The van der Waals surface area contributed by atoms with Crippen LogP contribution in [-0.4, -0.2) is 24.4 Å². The van der Waals surface area contributed by atoms with E-state index < -0.39 is 0 Å². The zero-order valence-corrected chi connectivity index (χ0v) is 10.3. The third-order valence-corrected chi connectivity index (χ3v) is 3.05. The van der Waals surface area contributed by atoms with Crippen molar-refractivity contribution >= 4 is 17.5 Å². The lowest BCUT2D eigenvalue weighted by Crippen LogP contribution is -2.38. The Labute approximate surface area is 106 Å². The second kappa shape index (κ2) is 5.08. The van der Waals surface area contributed by atoms with Gasteiger partial charge in [0, 0.05) is 24.7 Å². The normalized spacial score (nSPS) is 18.5. The van der Waals surface area contributed by atoms with Crippen LogP contribution in [0.1, 0.15) is 28.8 Å². The second-order valence-electron chi connectivity index (χ2n) is 4.60. The average molecular weight is 247 g/mol. The fraction of sp³-hybridized carbons (Fsp3) is 0.385. The molecule has 1 aliphatic heterocycles. The lowest BCUT2D eigenvalue weighted by atomic mass is 10.1. The molecule has 18 heavy (non-hydrogen) atoms. The zero-order chi connectivity index (χ0) is 13.1. The fourth-order valence-corrected chi connectivity index (χ4v) is 2.01. The number of carbonyl (C=O) groups excluding carboxylic acids is 2. The smallest absolute Gasteiger partial charge is 0.253 e. The number of nitrogens with one attached hydrogen (secondary N) is 2. The number of aryl methyl sites for hydroxylation is 1. The van der Waals surface area contributed by atoms with Crippen LogP contribution in [0.5, 0.6) is 0 Å². The number of amides is 2. The Morgan fingerprint density at radius 1 is 1.56 bits per heavy atom. The minimum atomic E-state index is -0.197. The Morgan fingerprint density at radius 3 is 3.00 bits per heavy atom. The summed E-state index contributed by atoms with van der Waals surface area (Å²) in [6, 6.07) is 5.38. The summed E-state index contributed by atoms with van der Waals surface area (Å²) >= 11 is 0. The van der Waals surface area contributed by atoms with Crippen LogP contribution in [0.25, 0.3) is 0 Å². The van der Waals surface area contributed by atoms with Crippen molar-refractivity contribution in [2.45, 2.75) is 25.8 Å². The quantitative estimate of drug-likeness (QED) is 0.683. The van der Waals surface area contributed by atoms with Gasteiger partial charge in [0.05, 0.1) is 5.56 Å². The van der Waals surface area contributed by atoms with Gasteiger partial charge in [-0.25, -0.2) is 0 Å². The molecule has 2 rings (SSSR count). The van der Waals surface area contributed by atoms with Gasteiger partial charge in [-0.15, -0.1) is 0 Å². The molecule has 0 radical (unpaired) electrons. The van der Waals surface area contributed by atoms with E-state index in [0.717, 1.165) is 12.0 Å². The number of hydrogen-bond acceptors (Lipinski definition) is 3. The van der Waals surface area contributed by atoms with Crippen molar-refractivity contribution < 1.29 is 9.59 Å². The van der Waals surface area contributed by atoms with Crippen LogP contribution in [0.2, 0.25) is 0 Å². The molecule has 1 aromatic carbocycles. The van der Waals surface area contributed by atoms with Gasteiger partial charge < -0.3 is 16.4 Å². The molecule has 1 heterocycles. The van der Waals surface area contributed by atoms with Crippen molar-refractivity contribution in [3.05, 3.63) is 29.3 Å². The van der Waals surface area contributed by atoms with Crippen LogP contribution in [0.15, 0.2) is 18.2 Å². The van der Waals surface area contributed by atoms with Gasteiger partial charge in [-0.2, -0.15) is 0 Å². The van der Waals surface area contributed by atoms with E-state index in [4.69, 9.17) is 5.73 Å². The maximum Gasteiger partial charge on any atom is 0.253 e.